The number of rotatable bonds is 1. The maximum Gasteiger partial charge on any atom is 0.209 e. The second-order valence-corrected chi connectivity index (χ2v) is 1.74. The summed E-state index contributed by atoms with van der Waals surface area (Å²) in [5.41, 5.74) is 0. The molecule has 0 radical (unpaired) electrons. The highest BCUT2D eigenvalue weighted by molar-refractivity contribution is 4.52. The zero-order valence-electron chi connectivity index (χ0n) is 5.24. The Bertz CT molecular complexity index is 85.0. The van der Waals surface area contributed by atoms with Crippen LogP contribution in [-0.2, 0) is 14.2 Å². The second-order valence-electron chi connectivity index (χ2n) is 1.74. The van der Waals surface area contributed by atoms with Crippen molar-refractivity contribution in [3.63, 3.8) is 0 Å². The minimum absolute atomic E-state index is 0.432. The average Bonchev–Trinajstić information content (AvgIpc) is 1.89. The van der Waals surface area contributed by atoms with Gasteiger partial charge in [0.2, 0.25) is 12.6 Å². The fourth-order valence-corrected chi connectivity index (χ4v) is 0.678. The number of aliphatic hydroxyl groups is 1. The zero-order chi connectivity index (χ0) is 6.69. The number of aliphatic hydroxyl groups excluding tert-OH is 1. The summed E-state index contributed by atoms with van der Waals surface area (Å²) in [7, 11) is 1.46. The van der Waals surface area contributed by atoms with Crippen molar-refractivity contribution >= 4 is 0 Å². The van der Waals surface area contributed by atoms with Gasteiger partial charge in [0, 0.05) is 7.11 Å². The Morgan fingerprint density at radius 3 is 2.56 bits per heavy atom. The first-order chi connectivity index (χ1) is 4.34. The fourth-order valence-electron chi connectivity index (χ4n) is 0.678. The lowest BCUT2D eigenvalue weighted by molar-refractivity contribution is -0.299. The molecule has 1 N–H and O–H groups in total. The summed E-state index contributed by atoms with van der Waals surface area (Å²) in [5.74, 6) is 0. The van der Waals surface area contributed by atoms with Crippen LogP contribution in [0.4, 0.5) is 0 Å². The van der Waals surface area contributed by atoms with Crippen LogP contribution in [0.3, 0.4) is 0 Å². The van der Waals surface area contributed by atoms with Crippen LogP contribution in [0.15, 0.2) is 0 Å². The van der Waals surface area contributed by atoms with Gasteiger partial charge in [-0.1, -0.05) is 0 Å². The van der Waals surface area contributed by atoms with Crippen LogP contribution in [0.5, 0.6) is 0 Å². The van der Waals surface area contributed by atoms with Gasteiger partial charge in [-0.05, 0) is 0 Å². The van der Waals surface area contributed by atoms with Crippen molar-refractivity contribution in [1.82, 2.24) is 0 Å². The summed E-state index contributed by atoms with van der Waals surface area (Å²) >= 11 is 0. The molecule has 1 aliphatic heterocycles. The van der Waals surface area contributed by atoms with Crippen LogP contribution < -0.4 is 0 Å². The standard InChI is InChI=1S/C5H10O4/c1-7-5-4(6)8-2-3-9-5/h4-6H,2-3H2,1H3. The van der Waals surface area contributed by atoms with E-state index in [1.165, 1.54) is 7.11 Å². The summed E-state index contributed by atoms with van der Waals surface area (Å²) in [4.78, 5) is 0. The SMILES string of the molecule is COC1OCCOC1O. The van der Waals surface area contributed by atoms with Gasteiger partial charge in [0.05, 0.1) is 13.2 Å². The zero-order valence-corrected chi connectivity index (χ0v) is 5.24. The van der Waals surface area contributed by atoms with E-state index in [1.54, 1.807) is 0 Å². The Kier molecular flexibility index (Phi) is 2.41. The Morgan fingerprint density at radius 2 is 2.11 bits per heavy atom. The van der Waals surface area contributed by atoms with Crippen LogP contribution in [0.2, 0.25) is 0 Å². The molecule has 0 aromatic rings. The molecule has 2 unspecified atom stereocenters. The van der Waals surface area contributed by atoms with E-state index in [1.807, 2.05) is 0 Å². The third-order valence-corrected chi connectivity index (χ3v) is 1.12. The molecule has 0 bridgehead atoms. The average molecular weight is 134 g/mol. The van der Waals surface area contributed by atoms with Crippen molar-refractivity contribution in [1.29, 1.82) is 0 Å². The van der Waals surface area contributed by atoms with Crippen molar-refractivity contribution in [2.24, 2.45) is 0 Å². The third-order valence-electron chi connectivity index (χ3n) is 1.12. The third kappa shape index (κ3) is 1.62. The van der Waals surface area contributed by atoms with Crippen molar-refractivity contribution in [3.05, 3.63) is 0 Å². The van der Waals surface area contributed by atoms with E-state index in [-0.39, 0.29) is 0 Å². The van der Waals surface area contributed by atoms with Crippen molar-refractivity contribution in [2.45, 2.75) is 12.6 Å². The topological polar surface area (TPSA) is 47.9 Å². The lowest BCUT2D eigenvalue weighted by Crippen LogP contribution is -2.39. The van der Waals surface area contributed by atoms with E-state index in [0.717, 1.165) is 0 Å². The highest BCUT2D eigenvalue weighted by Gasteiger charge is 2.23. The quantitative estimate of drug-likeness (QED) is 0.516. The highest BCUT2D eigenvalue weighted by Crippen LogP contribution is 2.06. The first-order valence-corrected chi connectivity index (χ1v) is 2.78. The van der Waals surface area contributed by atoms with Crippen LogP contribution in [-0.4, -0.2) is 38.0 Å². The molecule has 1 rings (SSSR count). The molecule has 0 spiro atoms. The van der Waals surface area contributed by atoms with Gasteiger partial charge in [-0.15, -0.1) is 0 Å². The molecule has 0 aromatic heterocycles. The molecule has 1 aliphatic rings. The summed E-state index contributed by atoms with van der Waals surface area (Å²) < 4.78 is 14.4. The van der Waals surface area contributed by atoms with Crippen molar-refractivity contribution < 1.29 is 19.3 Å². The van der Waals surface area contributed by atoms with E-state index in [4.69, 9.17) is 19.3 Å². The monoisotopic (exact) mass is 134 g/mol. The Morgan fingerprint density at radius 1 is 1.44 bits per heavy atom. The van der Waals surface area contributed by atoms with Gasteiger partial charge in [-0.25, -0.2) is 0 Å². The molecule has 0 aromatic carbocycles. The minimum atomic E-state index is -0.927. The number of methoxy groups -OCH3 is 1. The van der Waals surface area contributed by atoms with E-state index in [2.05, 4.69) is 0 Å². The molecule has 0 saturated carbocycles. The molecular formula is C5H10O4. The predicted octanol–water partition coefficient (Wildman–Crippen LogP) is -0.676. The van der Waals surface area contributed by atoms with Gasteiger partial charge in [0.1, 0.15) is 0 Å². The van der Waals surface area contributed by atoms with Gasteiger partial charge in [0.25, 0.3) is 0 Å². The maximum absolute atomic E-state index is 8.90. The lowest BCUT2D eigenvalue weighted by atomic mass is 10.5. The highest BCUT2D eigenvalue weighted by atomic mass is 16.7. The molecule has 0 aliphatic carbocycles. The maximum atomic E-state index is 8.90. The Labute approximate surface area is 53.3 Å². The van der Waals surface area contributed by atoms with E-state index in [9.17, 15) is 0 Å². The number of ether oxygens (including phenoxy) is 3. The molecule has 1 fully saturated rings. The Balaban J connectivity index is 2.30. The van der Waals surface area contributed by atoms with Gasteiger partial charge in [0.15, 0.2) is 0 Å². The number of hydrogen-bond donors (Lipinski definition) is 1. The normalized spacial score (nSPS) is 36.7. The molecule has 4 heteroatoms. The summed E-state index contributed by atoms with van der Waals surface area (Å²) in [6.07, 6.45) is -1.54. The molecule has 2 atom stereocenters. The van der Waals surface area contributed by atoms with Crippen LogP contribution >= 0.6 is 0 Å². The molecular weight excluding hydrogens is 124 g/mol. The van der Waals surface area contributed by atoms with Crippen LogP contribution in [0.25, 0.3) is 0 Å². The smallest absolute Gasteiger partial charge is 0.209 e. The summed E-state index contributed by atoms with van der Waals surface area (Å²) in [6, 6.07) is 0. The first-order valence-electron chi connectivity index (χ1n) is 2.78. The second kappa shape index (κ2) is 3.12. The lowest BCUT2D eigenvalue weighted by Gasteiger charge is -2.26. The van der Waals surface area contributed by atoms with E-state index < -0.39 is 12.6 Å². The summed E-state index contributed by atoms with van der Waals surface area (Å²) in [5, 5.41) is 8.90. The molecule has 9 heavy (non-hydrogen) atoms. The van der Waals surface area contributed by atoms with Gasteiger partial charge in [-0.3, -0.25) is 0 Å². The number of hydrogen-bond acceptors (Lipinski definition) is 4. The van der Waals surface area contributed by atoms with Crippen molar-refractivity contribution in [3.8, 4) is 0 Å². The van der Waals surface area contributed by atoms with E-state index >= 15 is 0 Å². The fraction of sp³-hybridized carbons (Fsp3) is 1.00. The van der Waals surface area contributed by atoms with Crippen LogP contribution in [0.1, 0.15) is 0 Å². The molecule has 54 valence electrons. The van der Waals surface area contributed by atoms with Crippen LogP contribution in [0, 0.1) is 0 Å². The van der Waals surface area contributed by atoms with Gasteiger partial charge in [-0.2, -0.15) is 0 Å². The molecule has 1 heterocycles. The predicted molar refractivity (Wildman–Crippen MR) is 28.7 cm³/mol. The van der Waals surface area contributed by atoms with E-state index in [0.29, 0.717) is 13.2 Å². The molecule has 0 amide bonds. The minimum Gasteiger partial charge on any atom is -0.364 e. The summed E-state index contributed by atoms with van der Waals surface area (Å²) in [6.45, 7) is 0.913. The molecule has 1 saturated heterocycles. The van der Waals surface area contributed by atoms with Crippen molar-refractivity contribution in [2.75, 3.05) is 20.3 Å². The van der Waals surface area contributed by atoms with Gasteiger partial charge < -0.3 is 19.3 Å². The largest absolute Gasteiger partial charge is 0.364 e. The Hall–Kier alpha value is -0.160. The first kappa shape index (κ1) is 6.95. The molecule has 4 nitrogen and oxygen atoms in total. The van der Waals surface area contributed by atoms with Gasteiger partial charge >= 0.3 is 0 Å².